The number of nitrogens with one attached hydrogen (secondary N) is 1. The van der Waals surface area contributed by atoms with Gasteiger partial charge in [-0.1, -0.05) is 0 Å². The fourth-order valence-corrected chi connectivity index (χ4v) is 5.17. The molecule has 2 aliphatic heterocycles. The van der Waals surface area contributed by atoms with Crippen LogP contribution in [0.4, 0.5) is 11.4 Å². The molecule has 0 radical (unpaired) electrons. The van der Waals surface area contributed by atoms with E-state index in [1.807, 2.05) is 23.0 Å². The third-order valence-corrected chi connectivity index (χ3v) is 7.36. The van der Waals surface area contributed by atoms with Crippen molar-refractivity contribution in [3.8, 4) is 0 Å². The van der Waals surface area contributed by atoms with Crippen LogP contribution in [0.3, 0.4) is 0 Å². The number of Topliss-reactive ketones (excluding diaryl/α,β-unsaturated/α-hetero) is 1. The van der Waals surface area contributed by atoms with Gasteiger partial charge >= 0.3 is 0 Å². The smallest absolute Gasteiger partial charge is 0.160 e. The molecule has 186 valence electrons. The number of carbonyl (C=O) groups excluding carboxylic acids is 1. The van der Waals surface area contributed by atoms with E-state index >= 15 is 0 Å². The van der Waals surface area contributed by atoms with Gasteiger partial charge in [0.15, 0.2) is 11.4 Å². The average Bonchev–Trinajstić information content (AvgIpc) is 3.29. The molecule has 3 aromatic rings. The zero-order valence-corrected chi connectivity index (χ0v) is 21.1. The first-order valence-electron chi connectivity index (χ1n) is 12.8. The maximum atomic E-state index is 11.6. The van der Waals surface area contributed by atoms with E-state index in [1.54, 1.807) is 6.92 Å². The summed E-state index contributed by atoms with van der Waals surface area (Å²) in [5.41, 5.74) is 6.45. The summed E-state index contributed by atoms with van der Waals surface area (Å²) in [4.78, 5) is 21.5. The first-order chi connectivity index (χ1) is 17.0. The van der Waals surface area contributed by atoms with Gasteiger partial charge in [-0.25, -0.2) is 9.67 Å². The summed E-state index contributed by atoms with van der Waals surface area (Å²) in [6.07, 6.45) is 4.01. The van der Waals surface area contributed by atoms with E-state index in [2.05, 4.69) is 46.2 Å². The second kappa shape index (κ2) is 10.3. The Morgan fingerprint density at radius 1 is 1.11 bits per heavy atom. The van der Waals surface area contributed by atoms with Gasteiger partial charge in [-0.15, -0.1) is 0 Å². The molecule has 1 N–H and O–H groups in total. The number of rotatable bonds is 7. The largest absolute Gasteiger partial charge is 0.381 e. The van der Waals surface area contributed by atoms with Crippen molar-refractivity contribution in [1.29, 1.82) is 0 Å². The summed E-state index contributed by atoms with van der Waals surface area (Å²) in [6, 6.07) is 8.40. The van der Waals surface area contributed by atoms with Gasteiger partial charge in [0, 0.05) is 81.0 Å². The predicted molar refractivity (Wildman–Crippen MR) is 139 cm³/mol. The number of aromatic nitrogens is 3. The second-order valence-corrected chi connectivity index (χ2v) is 9.65. The van der Waals surface area contributed by atoms with Crippen LogP contribution in [-0.2, 0) is 17.8 Å². The number of ketones is 1. The monoisotopic (exact) mass is 476 g/mol. The topological polar surface area (TPSA) is 75.5 Å². The highest BCUT2D eigenvalue weighted by Gasteiger charge is 2.24. The lowest BCUT2D eigenvalue weighted by Gasteiger charge is -2.37. The zero-order valence-electron chi connectivity index (χ0n) is 21.1. The number of benzene rings is 1. The Morgan fingerprint density at radius 3 is 2.49 bits per heavy atom. The van der Waals surface area contributed by atoms with Crippen LogP contribution < -0.4 is 10.2 Å². The minimum atomic E-state index is 0.108. The first kappa shape index (κ1) is 23.8. The number of piperazine rings is 1. The Morgan fingerprint density at radius 2 is 1.83 bits per heavy atom. The number of anilines is 2. The number of ether oxygens (including phenoxy) is 1. The minimum absolute atomic E-state index is 0.108. The predicted octanol–water partition coefficient (Wildman–Crippen LogP) is 3.88. The molecule has 8 nitrogen and oxygen atoms in total. The lowest BCUT2D eigenvalue weighted by Crippen LogP contribution is -2.46. The highest BCUT2D eigenvalue weighted by atomic mass is 16.5. The molecular formula is C27H36N6O2. The molecule has 2 saturated heterocycles. The molecule has 0 spiro atoms. The van der Waals surface area contributed by atoms with Crippen molar-refractivity contribution in [2.75, 3.05) is 49.6 Å². The SMILES string of the molecule is CCn1ncc2c(NC3CCOCC3)c(CN3CCN(c4ccc(C(C)=O)cc4)CC3)c(C)nc21. The normalized spacial score (nSPS) is 17.7. The van der Waals surface area contributed by atoms with Crippen molar-refractivity contribution in [3.63, 3.8) is 0 Å². The van der Waals surface area contributed by atoms with E-state index in [1.165, 1.54) is 16.9 Å². The van der Waals surface area contributed by atoms with Gasteiger partial charge in [0.05, 0.1) is 17.3 Å². The minimum Gasteiger partial charge on any atom is -0.381 e. The fraction of sp³-hybridized carbons (Fsp3) is 0.519. The standard InChI is InChI=1S/C27H36N6O2/c1-4-33-27-24(17-28-33)26(30-22-9-15-35-16-10-22)25(19(2)29-27)18-31-11-13-32(14-12-31)23-7-5-21(6-8-23)20(3)34/h5-8,17,22H,4,9-16,18H2,1-3H3,(H,29,30). The number of hydrogen-bond acceptors (Lipinski definition) is 7. The van der Waals surface area contributed by atoms with Crippen LogP contribution in [0.2, 0.25) is 0 Å². The van der Waals surface area contributed by atoms with Gasteiger partial charge < -0.3 is 15.0 Å². The summed E-state index contributed by atoms with van der Waals surface area (Å²) >= 11 is 0. The highest BCUT2D eigenvalue weighted by molar-refractivity contribution is 5.94. The van der Waals surface area contributed by atoms with Crippen molar-refractivity contribution >= 4 is 28.2 Å². The molecular weight excluding hydrogens is 440 g/mol. The molecule has 0 amide bonds. The van der Waals surface area contributed by atoms with E-state index in [4.69, 9.17) is 9.72 Å². The maximum Gasteiger partial charge on any atom is 0.160 e. The van der Waals surface area contributed by atoms with Crippen LogP contribution in [-0.4, -0.2) is 70.9 Å². The molecule has 2 aliphatic rings. The van der Waals surface area contributed by atoms with Crippen LogP contribution in [0.25, 0.3) is 11.0 Å². The van der Waals surface area contributed by atoms with Gasteiger partial charge in [0.1, 0.15) is 0 Å². The molecule has 0 saturated carbocycles. The molecule has 35 heavy (non-hydrogen) atoms. The van der Waals surface area contributed by atoms with Gasteiger partial charge in [-0.3, -0.25) is 9.69 Å². The number of fused-ring (bicyclic) bond motifs is 1. The molecule has 2 aromatic heterocycles. The Labute approximate surface area is 207 Å². The van der Waals surface area contributed by atoms with Crippen LogP contribution >= 0.6 is 0 Å². The quantitative estimate of drug-likeness (QED) is 0.519. The Bertz CT molecular complexity index is 1170. The fourth-order valence-electron chi connectivity index (χ4n) is 5.17. The van der Waals surface area contributed by atoms with Crippen LogP contribution in [0.15, 0.2) is 30.5 Å². The molecule has 8 heteroatoms. The van der Waals surface area contributed by atoms with Crippen LogP contribution in [0.5, 0.6) is 0 Å². The third kappa shape index (κ3) is 5.04. The van der Waals surface area contributed by atoms with E-state index in [-0.39, 0.29) is 5.78 Å². The molecule has 2 fully saturated rings. The molecule has 5 rings (SSSR count). The van der Waals surface area contributed by atoms with Gasteiger partial charge in [-0.05, 0) is 57.9 Å². The van der Waals surface area contributed by atoms with Crippen LogP contribution in [0.1, 0.15) is 48.3 Å². The molecule has 1 aromatic carbocycles. The Hall–Kier alpha value is -2.97. The van der Waals surface area contributed by atoms with E-state index in [9.17, 15) is 4.79 Å². The molecule has 4 heterocycles. The molecule has 0 bridgehead atoms. The third-order valence-electron chi connectivity index (χ3n) is 7.36. The lowest BCUT2D eigenvalue weighted by atomic mass is 10.0. The number of pyridine rings is 1. The summed E-state index contributed by atoms with van der Waals surface area (Å²) in [7, 11) is 0. The van der Waals surface area contributed by atoms with Gasteiger partial charge in [-0.2, -0.15) is 5.10 Å². The second-order valence-electron chi connectivity index (χ2n) is 9.65. The Kier molecular flexibility index (Phi) is 7.02. The number of carbonyl (C=O) groups is 1. The Balaban J connectivity index is 1.34. The summed E-state index contributed by atoms with van der Waals surface area (Å²) < 4.78 is 7.57. The van der Waals surface area contributed by atoms with E-state index in [0.717, 1.165) is 87.6 Å². The van der Waals surface area contributed by atoms with E-state index < -0.39 is 0 Å². The summed E-state index contributed by atoms with van der Waals surface area (Å²) in [5, 5.41) is 9.59. The van der Waals surface area contributed by atoms with Crippen molar-refractivity contribution in [3.05, 3.63) is 47.3 Å². The van der Waals surface area contributed by atoms with Crippen molar-refractivity contribution in [2.24, 2.45) is 0 Å². The average molecular weight is 477 g/mol. The molecule has 0 atom stereocenters. The summed E-state index contributed by atoms with van der Waals surface area (Å²) in [5.74, 6) is 0.108. The highest BCUT2D eigenvalue weighted by Crippen LogP contribution is 2.32. The van der Waals surface area contributed by atoms with Crippen molar-refractivity contribution < 1.29 is 9.53 Å². The summed E-state index contributed by atoms with van der Waals surface area (Å²) in [6.45, 7) is 13.0. The number of hydrogen-bond donors (Lipinski definition) is 1. The van der Waals surface area contributed by atoms with Crippen molar-refractivity contribution in [2.45, 2.75) is 52.7 Å². The van der Waals surface area contributed by atoms with Crippen LogP contribution in [0, 0.1) is 6.92 Å². The zero-order chi connectivity index (χ0) is 24.4. The van der Waals surface area contributed by atoms with E-state index in [0.29, 0.717) is 6.04 Å². The molecule has 0 unspecified atom stereocenters. The molecule has 0 aliphatic carbocycles. The van der Waals surface area contributed by atoms with Crippen molar-refractivity contribution in [1.82, 2.24) is 19.7 Å². The number of aryl methyl sites for hydroxylation is 2. The maximum absolute atomic E-state index is 11.6. The van der Waals surface area contributed by atoms with Gasteiger partial charge in [0.2, 0.25) is 0 Å². The lowest BCUT2D eigenvalue weighted by molar-refractivity contribution is 0.0904. The van der Waals surface area contributed by atoms with Gasteiger partial charge in [0.25, 0.3) is 0 Å². The first-order valence-corrected chi connectivity index (χ1v) is 12.8. The number of nitrogens with zero attached hydrogens (tertiary/aromatic N) is 5.